The Balaban J connectivity index is 1.19. The summed E-state index contributed by atoms with van der Waals surface area (Å²) in [4.78, 5) is 27.4. The molecule has 0 unspecified atom stereocenters. The predicted octanol–water partition coefficient (Wildman–Crippen LogP) is 3.61. The molecular formula is C23H24FN3O4S. The maximum absolute atomic E-state index is 14.6. The van der Waals surface area contributed by atoms with Crippen molar-refractivity contribution in [2.24, 2.45) is 5.92 Å². The van der Waals surface area contributed by atoms with Crippen LogP contribution in [0.5, 0.6) is 11.5 Å². The van der Waals surface area contributed by atoms with E-state index in [4.69, 9.17) is 9.47 Å². The summed E-state index contributed by atoms with van der Waals surface area (Å²) in [6.07, 6.45) is 1.59. The van der Waals surface area contributed by atoms with Crippen LogP contribution in [0.15, 0.2) is 35.2 Å². The summed E-state index contributed by atoms with van der Waals surface area (Å²) in [6.45, 7) is 1.67. The number of benzene rings is 2. The number of ketones is 1. The van der Waals surface area contributed by atoms with Crippen molar-refractivity contribution >= 4 is 34.8 Å². The normalized spacial score (nSPS) is 18.0. The number of rotatable bonds is 4. The number of nitrogens with zero attached hydrogens (tertiary/aromatic N) is 1. The summed E-state index contributed by atoms with van der Waals surface area (Å²) in [6, 6.07) is 8.68. The molecule has 0 aliphatic carbocycles. The van der Waals surface area contributed by atoms with Crippen molar-refractivity contribution < 1.29 is 23.5 Å². The molecule has 9 heteroatoms. The molecule has 0 saturated carbocycles. The number of ether oxygens (including phenoxy) is 2. The molecule has 3 aliphatic rings. The third-order valence-electron chi connectivity index (χ3n) is 6.01. The maximum Gasteiger partial charge on any atom is 0.256 e. The Labute approximate surface area is 189 Å². The number of fused-ring (bicyclic) bond motifs is 2. The van der Waals surface area contributed by atoms with E-state index in [0.29, 0.717) is 31.3 Å². The van der Waals surface area contributed by atoms with E-state index in [0.717, 1.165) is 30.2 Å². The number of carbonyl (C=O) groups is 2. The average molecular weight is 458 g/mol. The maximum atomic E-state index is 14.6. The van der Waals surface area contributed by atoms with Crippen LogP contribution < -0.4 is 20.1 Å². The quantitative estimate of drug-likeness (QED) is 0.726. The number of likely N-dealkylation sites (tertiary alicyclic amines) is 1. The molecule has 0 bridgehead atoms. The molecule has 5 rings (SSSR count). The highest BCUT2D eigenvalue weighted by molar-refractivity contribution is 7.99. The Morgan fingerprint density at radius 2 is 2.09 bits per heavy atom. The number of hydrogen-bond donors (Lipinski definition) is 2. The van der Waals surface area contributed by atoms with Crippen molar-refractivity contribution in [1.29, 1.82) is 0 Å². The Bertz CT molecular complexity index is 1060. The molecule has 7 nitrogen and oxygen atoms in total. The minimum absolute atomic E-state index is 0.00711. The average Bonchev–Trinajstić information content (AvgIpc) is 3.23. The number of para-hydroxylation sites is 1. The number of hydrogen-bond acceptors (Lipinski definition) is 7. The molecule has 32 heavy (non-hydrogen) atoms. The largest absolute Gasteiger partial charge is 0.491 e. The van der Waals surface area contributed by atoms with E-state index in [1.807, 2.05) is 12.1 Å². The van der Waals surface area contributed by atoms with Crippen LogP contribution in [0.2, 0.25) is 0 Å². The van der Waals surface area contributed by atoms with Crippen molar-refractivity contribution in [2.45, 2.75) is 17.7 Å². The summed E-state index contributed by atoms with van der Waals surface area (Å²) >= 11 is 1.76. The molecule has 0 aromatic heterocycles. The number of carbonyl (C=O) groups excluding carboxylic acids is 2. The third kappa shape index (κ3) is 4.21. The standard InChI is InChI=1S/C23H24FN3O4S/c24-17-9-20-18(25-10-15(28)12-31-20)8-16(17)23(29)27-6-4-14(5-7-27)11-30-19-2-1-3-21-22(19)26-13-32-21/h1-3,8-9,14,25-26H,4-7,10-13H2. The highest BCUT2D eigenvalue weighted by Gasteiger charge is 2.28. The van der Waals surface area contributed by atoms with Crippen LogP contribution in [-0.4, -0.2) is 55.3 Å². The lowest BCUT2D eigenvalue weighted by Crippen LogP contribution is -2.40. The van der Waals surface area contributed by atoms with E-state index < -0.39 is 5.82 Å². The van der Waals surface area contributed by atoms with Gasteiger partial charge in [0.25, 0.3) is 5.91 Å². The third-order valence-corrected chi connectivity index (χ3v) is 6.95. The fraction of sp³-hybridized carbons (Fsp3) is 0.391. The van der Waals surface area contributed by atoms with Gasteiger partial charge in [-0.1, -0.05) is 6.07 Å². The van der Waals surface area contributed by atoms with Crippen LogP contribution in [0, 0.1) is 11.7 Å². The van der Waals surface area contributed by atoms with Gasteiger partial charge in [0.15, 0.2) is 5.78 Å². The number of amides is 1. The van der Waals surface area contributed by atoms with Crippen LogP contribution in [0.1, 0.15) is 23.2 Å². The summed E-state index contributed by atoms with van der Waals surface area (Å²) in [5.74, 6) is 1.19. The number of piperidine rings is 1. The van der Waals surface area contributed by atoms with Crippen molar-refractivity contribution in [1.82, 2.24) is 4.90 Å². The molecule has 2 N–H and O–H groups in total. The van der Waals surface area contributed by atoms with E-state index in [2.05, 4.69) is 16.7 Å². The van der Waals surface area contributed by atoms with Crippen LogP contribution in [0.3, 0.4) is 0 Å². The Kier molecular flexibility index (Phi) is 5.82. The predicted molar refractivity (Wildman–Crippen MR) is 120 cm³/mol. The summed E-state index contributed by atoms with van der Waals surface area (Å²) in [5.41, 5.74) is 1.52. The molecule has 1 saturated heterocycles. The molecule has 0 radical (unpaired) electrons. The molecule has 2 aromatic carbocycles. The van der Waals surface area contributed by atoms with Crippen LogP contribution >= 0.6 is 11.8 Å². The Morgan fingerprint density at radius 1 is 1.25 bits per heavy atom. The Morgan fingerprint density at radius 3 is 2.94 bits per heavy atom. The minimum atomic E-state index is -0.640. The number of Topliss-reactive ketones (excluding diaryl/α,β-unsaturated/α-hetero) is 1. The summed E-state index contributed by atoms with van der Waals surface area (Å²) in [7, 11) is 0. The van der Waals surface area contributed by atoms with E-state index in [1.165, 1.54) is 17.0 Å². The van der Waals surface area contributed by atoms with Crippen molar-refractivity contribution in [3.8, 4) is 11.5 Å². The molecule has 0 atom stereocenters. The highest BCUT2D eigenvalue weighted by Crippen LogP contribution is 2.40. The molecular weight excluding hydrogens is 433 g/mol. The smallest absolute Gasteiger partial charge is 0.256 e. The van der Waals surface area contributed by atoms with E-state index in [9.17, 15) is 14.0 Å². The van der Waals surface area contributed by atoms with Crippen LogP contribution in [-0.2, 0) is 4.79 Å². The van der Waals surface area contributed by atoms with Gasteiger partial charge in [0.1, 0.15) is 23.9 Å². The number of thioether (sulfide) groups is 1. The molecule has 0 spiro atoms. The lowest BCUT2D eigenvalue weighted by molar-refractivity contribution is -0.119. The number of halogens is 1. The molecule has 1 amide bonds. The second kappa shape index (κ2) is 8.90. The Hall–Kier alpha value is -2.94. The zero-order valence-electron chi connectivity index (χ0n) is 17.5. The second-order valence-electron chi connectivity index (χ2n) is 8.15. The van der Waals surface area contributed by atoms with Gasteiger partial charge in [0.05, 0.1) is 36.0 Å². The van der Waals surface area contributed by atoms with Gasteiger partial charge in [-0.05, 0) is 37.0 Å². The van der Waals surface area contributed by atoms with E-state index in [1.54, 1.807) is 16.7 Å². The second-order valence-corrected chi connectivity index (χ2v) is 9.17. The van der Waals surface area contributed by atoms with Gasteiger partial charge < -0.3 is 25.0 Å². The van der Waals surface area contributed by atoms with Gasteiger partial charge in [-0.15, -0.1) is 11.8 Å². The summed E-state index contributed by atoms with van der Waals surface area (Å²) < 4.78 is 26.1. The van der Waals surface area contributed by atoms with Crippen molar-refractivity contribution in [3.05, 3.63) is 41.7 Å². The van der Waals surface area contributed by atoms with Gasteiger partial charge in [-0.25, -0.2) is 4.39 Å². The lowest BCUT2D eigenvalue weighted by Gasteiger charge is -2.32. The van der Waals surface area contributed by atoms with Gasteiger partial charge in [0, 0.05) is 24.1 Å². The molecule has 3 heterocycles. The van der Waals surface area contributed by atoms with Gasteiger partial charge in [0.2, 0.25) is 0 Å². The molecule has 168 valence electrons. The first kappa shape index (κ1) is 20.9. The lowest BCUT2D eigenvalue weighted by atomic mass is 9.97. The van der Waals surface area contributed by atoms with Gasteiger partial charge in [-0.2, -0.15) is 0 Å². The first-order chi connectivity index (χ1) is 15.6. The monoisotopic (exact) mass is 457 g/mol. The van der Waals surface area contributed by atoms with Crippen LogP contribution in [0.4, 0.5) is 15.8 Å². The SMILES string of the molecule is O=C1CNc2cc(C(=O)N3CCC(COc4cccc5c4NCS5)CC3)c(F)cc2OC1. The zero-order valence-corrected chi connectivity index (χ0v) is 18.3. The molecule has 1 fully saturated rings. The van der Waals surface area contributed by atoms with Crippen molar-refractivity contribution in [2.75, 3.05) is 49.4 Å². The highest BCUT2D eigenvalue weighted by atomic mass is 32.2. The zero-order chi connectivity index (χ0) is 22.1. The number of anilines is 2. The van der Waals surface area contributed by atoms with Crippen LogP contribution in [0.25, 0.3) is 0 Å². The van der Waals surface area contributed by atoms with Crippen molar-refractivity contribution in [3.63, 3.8) is 0 Å². The minimum Gasteiger partial charge on any atom is -0.491 e. The number of nitrogens with one attached hydrogen (secondary N) is 2. The van der Waals surface area contributed by atoms with Gasteiger partial charge >= 0.3 is 0 Å². The topological polar surface area (TPSA) is 79.9 Å². The van der Waals surface area contributed by atoms with E-state index in [-0.39, 0.29) is 36.2 Å². The molecule has 2 aromatic rings. The molecule has 3 aliphatic heterocycles. The summed E-state index contributed by atoms with van der Waals surface area (Å²) in [5, 5.41) is 6.27. The fourth-order valence-corrected chi connectivity index (χ4v) is 5.04. The van der Waals surface area contributed by atoms with E-state index >= 15 is 0 Å². The fourth-order valence-electron chi connectivity index (χ4n) is 4.17. The van der Waals surface area contributed by atoms with Gasteiger partial charge in [-0.3, -0.25) is 9.59 Å². The first-order valence-electron chi connectivity index (χ1n) is 10.7. The first-order valence-corrected chi connectivity index (χ1v) is 11.7.